The molecule has 0 aliphatic rings. The maximum atomic E-state index is 13.6. The maximum absolute atomic E-state index is 13.6. The molecular weight excluding hydrogens is 628 g/mol. The fourth-order valence-corrected chi connectivity index (χ4v) is 4.49. The van der Waals surface area contributed by atoms with Crippen molar-refractivity contribution in [3.8, 4) is 5.75 Å². The van der Waals surface area contributed by atoms with Crippen molar-refractivity contribution >= 4 is 41.5 Å². The first-order chi connectivity index (χ1) is 22.5. The largest absolute Gasteiger partial charge is 0.508 e. The molecule has 0 radical (unpaired) electrons. The Morgan fingerprint density at radius 3 is 1.90 bits per heavy atom. The summed E-state index contributed by atoms with van der Waals surface area (Å²) in [6.45, 7) is 3.77. The molecule has 16 N–H and O–H groups in total. The van der Waals surface area contributed by atoms with Gasteiger partial charge in [0.1, 0.15) is 29.9 Å². The van der Waals surface area contributed by atoms with Gasteiger partial charge in [0, 0.05) is 13.0 Å². The number of aromatic hydroxyl groups is 1. The van der Waals surface area contributed by atoms with Crippen LogP contribution in [0.15, 0.2) is 29.3 Å². The first-order valence-electron chi connectivity index (χ1n) is 15.6. The van der Waals surface area contributed by atoms with Crippen molar-refractivity contribution in [1.82, 2.24) is 21.3 Å². The van der Waals surface area contributed by atoms with Gasteiger partial charge in [0.25, 0.3) is 0 Å². The average molecular weight is 679 g/mol. The first kappa shape index (κ1) is 41.1. The van der Waals surface area contributed by atoms with E-state index >= 15 is 0 Å². The number of nitrogens with one attached hydrogen (secondary N) is 4. The summed E-state index contributed by atoms with van der Waals surface area (Å²) in [4.78, 5) is 80.4. The molecule has 268 valence electrons. The highest BCUT2D eigenvalue weighted by Gasteiger charge is 2.33. The molecule has 5 atom stereocenters. The van der Waals surface area contributed by atoms with Crippen LogP contribution >= 0.6 is 0 Å². The Bertz CT molecular complexity index is 1270. The summed E-state index contributed by atoms with van der Waals surface area (Å²) in [6.07, 6.45) is 0.767. The van der Waals surface area contributed by atoms with E-state index in [4.69, 9.17) is 28.7 Å². The molecule has 0 aliphatic carbocycles. The normalized spacial score (nSPS) is 14.0. The van der Waals surface area contributed by atoms with Crippen LogP contribution in [0.25, 0.3) is 0 Å². The van der Waals surface area contributed by atoms with E-state index in [1.165, 1.54) is 12.1 Å². The highest BCUT2D eigenvalue weighted by molar-refractivity contribution is 5.96. The lowest BCUT2D eigenvalue weighted by molar-refractivity contribution is -0.141. The Balaban J connectivity index is 3.17. The molecular formula is C30H50N10O8. The monoisotopic (exact) mass is 678 g/mol. The number of rotatable bonds is 22. The van der Waals surface area contributed by atoms with Gasteiger partial charge in [0.2, 0.25) is 29.5 Å². The van der Waals surface area contributed by atoms with Crippen molar-refractivity contribution in [3.05, 3.63) is 29.8 Å². The highest BCUT2D eigenvalue weighted by Crippen LogP contribution is 2.12. The molecule has 0 bridgehead atoms. The maximum Gasteiger partial charge on any atom is 0.305 e. The number of carbonyl (C=O) groups is 6. The Kier molecular flexibility index (Phi) is 18.0. The molecule has 18 nitrogen and oxygen atoms in total. The van der Waals surface area contributed by atoms with E-state index in [2.05, 4.69) is 26.3 Å². The zero-order valence-electron chi connectivity index (χ0n) is 27.3. The predicted molar refractivity (Wildman–Crippen MR) is 177 cm³/mol. The van der Waals surface area contributed by atoms with Crippen LogP contribution in [0.5, 0.6) is 5.75 Å². The number of unbranched alkanes of at least 4 members (excludes halogenated alkanes) is 1. The van der Waals surface area contributed by atoms with Crippen LogP contribution < -0.4 is 49.9 Å². The standard InChI is InChI=1S/C30H50N10O8/c1-16(2)24(29(48)38-21(25(33)44)14-17-8-10-18(41)11-9-17)40-27(46)20(7-5-13-36-30(34)35)37-28(47)22(15-23(42)43)39-26(45)19(32)6-3-4-12-31/h8-11,16,19-22,24,41H,3-7,12-15,31-32H2,1-2H3,(H2,33,44)(H,37,47)(H,38,48)(H,39,45)(H,40,46)(H,42,43)(H4,34,35,36)/t19-,20-,21-,22-,24-/m0/s1. The van der Waals surface area contributed by atoms with Gasteiger partial charge in [-0.05, 0) is 55.8 Å². The van der Waals surface area contributed by atoms with Gasteiger partial charge in [-0.1, -0.05) is 32.4 Å². The lowest BCUT2D eigenvalue weighted by Crippen LogP contribution is -2.60. The van der Waals surface area contributed by atoms with Gasteiger partial charge in [0.15, 0.2) is 5.96 Å². The average Bonchev–Trinajstić information content (AvgIpc) is 3.00. The molecule has 0 spiro atoms. The van der Waals surface area contributed by atoms with Crippen molar-refractivity contribution in [2.24, 2.45) is 39.6 Å². The molecule has 1 aromatic carbocycles. The molecule has 1 aromatic rings. The van der Waals surface area contributed by atoms with E-state index in [0.717, 1.165) is 0 Å². The van der Waals surface area contributed by atoms with Crippen LogP contribution in [0.4, 0.5) is 0 Å². The van der Waals surface area contributed by atoms with Gasteiger partial charge in [0.05, 0.1) is 12.5 Å². The molecule has 0 saturated heterocycles. The van der Waals surface area contributed by atoms with E-state index in [1.54, 1.807) is 26.0 Å². The molecule has 0 aliphatic heterocycles. The summed E-state index contributed by atoms with van der Waals surface area (Å²) in [5.41, 5.74) is 28.2. The van der Waals surface area contributed by atoms with Crippen LogP contribution in [-0.4, -0.2) is 95.0 Å². The van der Waals surface area contributed by atoms with Crippen LogP contribution in [-0.2, 0) is 35.2 Å². The van der Waals surface area contributed by atoms with Crippen molar-refractivity contribution in [1.29, 1.82) is 0 Å². The Morgan fingerprint density at radius 1 is 0.771 bits per heavy atom. The van der Waals surface area contributed by atoms with Gasteiger partial charge in [-0.2, -0.15) is 0 Å². The molecule has 0 heterocycles. The van der Waals surface area contributed by atoms with Gasteiger partial charge in [-0.25, -0.2) is 0 Å². The molecule has 48 heavy (non-hydrogen) atoms. The number of carboxylic acids is 1. The number of phenolic OH excluding ortho intramolecular Hbond substituents is 1. The smallest absolute Gasteiger partial charge is 0.305 e. The second kappa shape index (κ2) is 21.0. The van der Waals surface area contributed by atoms with E-state index in [0.29, 0.717) is 24.9 Å². The zero-order valence-corrected chi connectivity index (χ0v) is 27.3. The van der Waals surface area contributed by atoms with E-state index < -0.39 is 78.1 Å². The number of hydrogen-bond acceptors (Lipinski definition) is 10. The number of aliphatic carboxylic acids is 1. The van der Waals surface area contributed by atoms with Gasteiger partial charge in [-0.3, -0.25) is 33.8 Å². The van der Waals surface area contributed by atoms with E-state index in [9.17, 15) is 39.0 Å². The number of benzene rings is 1. The second-order valence-corrected chi connectivity index (χ2v) is 11.6. The summed E-state index contributed by atoms with van der Waals surface area (Å²) in [6, 6.07) is -0.330. The minimum atomic E-state index is -1.58. The number of nitrogens with zero attached hydrogens (tertiary/aromatic N) is 1. The van der Waals surface area contributed by atoms with Crippen LogP contribution in [0, 0.1) is 5.92 Å². The molecule has 0 aromatic heterocycles. The number of nitrogens with two attached hydrogens (primary N) is 5. The Hall–Kier alpha value is -4.97. The fraction of sp³-hybridized carbons (Fsp3) is 0.567. The summed E-state index contributed by atoms with van der Waals surface area (Å²) in [7, 11) is 0. The number of amides is 5. The third-order valence-electron chi connectivity index (χ3n) is 7.18. The predicted octanol–water partition coefficient (Wildman–Crippen LogP) is -3.00. The van der Waals surface area contributed by atoms with Crippen molar-refractivity contribution in [2.45, 2.75) is 89.0 Å². The van der Waals surface area contributed by atoms with E-state index in [1.807, 2.05) is 0 Å². The molecule has 0 saturated carbocycles. The number of carbonyl (C=O) groups excluding carboxylic acids is 5. The SMILES string of the molecule is CC(C)[C@H](NC(=O)[C@H](CCCN=C(N)N)NC(=O)[C@H](CC(=O)O)NC(=O)[C@@H](N)CCCCN)C(=O)N[C@@H](Cc1ccc(O)cc1)C(N)=O. The number of phenols is 1. The summed E-state index contributed by atoms with van der Waals surface area (Å²) < 4.78 is 0. The number of carboxylic acid groups (broad SMARTS) is 1. The zero-order chi connectivity index (χ0) is 36.4. The number of primary amides is 1. The lowest BCUT2D eigenvalue weighted by Gasteiger charge is -2.28. The van der Waals surface area contributed by atoms with Gasteiger partial charge < -0.3 is 60.1 Å². The third-order valence-corrected chi connectivity index (χ3v) is 7.18. The minimum absolute atomic E-state index is 0.0109. The fourth-order valence-electron chi connectivity index (χ4n) is 4.49. The van der Waals surface area contributed by atoms with Gasteiger partial charge in [-0.15, -0.1) is 0 Å². The lowest BCUT2D eigenvalue weighted by atomic mass is 10.00. The van der Waals surface area contributed by atoms with Crippen molar-refractivity contribution < 1.29 is 39.0 Å². The summed E-state index contributed by atoms with van der Waals surface area (Å²) >= 11 is 0. The highest BCUT2D eigenvalue weighted by atomic mass is 16.4. The summed E-state index contributed by atoms with van der Waals surface area (Å²) in [5.74, 6) is -6.19. The minimum Gasteiger partial charge on any atom is -0.508 e. The van der Waals surface area contributed by atoms with Crippen LogP contribution in [0.2, 0.25) is 0 Å². The molecule has 0 unspecified atom stereocenters. The van der Waals surface area contributed by atoms with E-state index in [-0.39, 0.29) is 43.9 Å². The quantitative estimate of drug-likeness (QED) is 0.0332. The second-order valence-electron chi connectivity index (χ2n) is 11.6. The molecule has 18 heteroatoms. The first-order valence-corrected chi connectivity index (χ1v) is 15.6. The van der Waals surface area contributed by atoms with Gasteiger partial charge >= 0.3 is 5.97 Å². The van der Waals surface area contributed by atoms with Crippen molar-refractivity contribution in [2.75, 3.05) is 13.1 Å². The van der Waals surface area contributed by atoms with Crippen LogP contribution in [0.3, 0.4) is 0 Å². The molecule has 1 rings (SSSR count). The Labute approximate surface area is 279 Å². The van der Waals surface area contributed by atoms with Crippen LogP contribution in [0.1, 0.15) is 57.9 Å². The molecule has 5 amide bonds. The third kappa shape index (κ3) is 15.5. The van der Waals surface area contributed by atoms with Crippen molar-refractivity contribution in [3.63, 3.8) is 0 Å². The molecule has 0 fully saturated rings. The topological polar surface area (TPSA) is 333 Å². The number of hydrogen-bond donors (Lipinski definition) is 11. The number of aliphatic imine (C=N–C) groups is 1. The summed E-state index contributed by atoms with van der Waals surface area (Å²) in [5, 5.41) is 28.9. The Morgan fingerprint density at radius 2 is 1.35 bits per heavy atom. The number of guanidine groups is 1.